The average Bonchev–Trinajstić information content (AvgIpc) is 1.63. The lowest BCUT2D eigenvalue weighted by atomic mass is 10.3. The topological polar surface area (TPSA) is 73.0 Å². The van der Waals surface area contributed by atoms with Crippen LogP contribution in [0, 0.1) is 0 Å². The zero-order valence-electron chi connectivity index (χ0n) is 5.03. The van der Waals surface area contributed by atoms with Crippen LogP contribution in [0.2, 0.25) is 0 Å². The third-order valence-corrected chi connectivity index (χ3v) is 1.02. The van der Waals surface area contributed by atoms with Gasteiger partial charge in [0.25, 0.3) is 0 Å². The minimum absolute atomic E-state index is 0.137. The molecule has 0 spiro atoms. The van der Waals surface area contributed by atoms with Crippen molar-refractivity contribution in [2.24, 2.45) is 5.73 Å². The van der Waals surface area contributed by atoms with E-state index < -0.39 is 6.35 Å². The summed E-state index contributed by atoms with van der Waals surface area (Å²) >= 11 is 2.72. The van der Waals surface area contributed by atoms with Gasteiger partial charge in [-0.3, -0.25) is 10.5 Å². The van der Waals surface area contributed by atoms with Crippen LogP contribution < -0.4 is 5.73 Å². The molecular formula is C2H9BBrN3O2. The Bertz CT molecular complexity index is 82.2. The molecule has 0 amide bonds. The predicted octanol–water partition coefficient (Wildman–Crippen LogP) is -1.97. The Balaban J connectivity index is 3.38. The molecule has 7 heteroatoms. The van der Waals surface area contributed by atoms with Crippen molar-refractivity contribution in [3.63, 3.8) is 0 Å². The maximum absolute atomic E-state index is 8.61. The Morgan fingerprint density at radius 2 is 2.22 bits per heavy atom. The number of hydrogen-bond acceptors (Lipinski definition) is 5. The molecule has 0 aliphatic rings. The van der Waals surface area contributed by atoms with Gasteiger partial charge in [0, 0.05) is 16.1 Å². The first-order chi connectivity index (χ1) is 4.04. The first kappa shape index (κ1) is 9.34. The zero-order valence-corrected chi connectivity index (χ0v) is 6.61. The second-order valence-electron chi connectivity index (χ2n) is 1.65. The zero-order chi connectivity index (χ0) is 7.44. The highest BCUT2D eigenvalue weighted by Crippen LogP contribution is 1.92. The summed E-state index contributed by atoms with van der Waals surface area (Å²) in [7, 11) is 1.56. The van der Waals surface area contributed by atoms with Crippen molar-refractivity contribution in [1.82, 2.24) is 8.90 Å². The smallest absolute Gasteiger partial charge is 0.192 e. The minimum Gasteiger partial charge on any atom is -0.366 e. The molecule has 9 heavy (non-hydrogen) atoms. The number of aliphatic hydroxyl groups is 1. The fourth-order valence-electron chi connectivity index (χ4n) is 0.268. The highest BCUT2D eigenvalue weighted by atomic mass is 79.9. The minimum atomic E-state index is -1.04. The molecular weight excluding hydrogens is 189 g/mol. The summed E-state index contributed by atoms with van der Waals surface area (Å²) in [6.07, 6.45) is -1.04. The van der Waals surface area contributed by atoms with Gasteiger partial charge in [0.15, 0.2) is 14.3 Å². The average molecular weight is 198 g/mol. The molecule has 0 saturated heterocycles. The summed E-state index contributed by atoms with van der Waals surface area (Å²) < 4.78 is 0.739. The number of nitrogens with zero attached hydrogens (tertiary/aromatic N) is 2. The van der Waals surface area contributed by atoms with E-state index in [0.29, 0.717) is 0 Å². The van der Waals surface area contributed by atoms with E-state index in [1.807, 2.05) is 0 Å². The molecule has 1 unspecified atom stereocenters. The second kappa shape index (κ2) is 4.21. The number of halogens is 1. The largest absolute Gasteiger partial charge is 0.366 e. The van der Waals surface area contributed by atoms with Crippen LogP contribution in [0.5, 0.6) is 0 Å². The molecule has 0 aromatic heterocycles. The number of rotatable bonds is 3. The third kappa shape index (κ3) is 4.82. The number of aliphatic hydroxyl groups excluding tert-OH is 1. The van der Waals surface area contributed by atoms with E-state index >= 15 is 0 Å². The lowest BCUT2D eigenvalue weighted by Crippen LogP contribution is -2.43. The highest BCUT2D eigenvalue weighted by molar-refractivity contribution is 9.07. The monoisotopic (exact) mass is 197 g/mol. The molecule has 54 valence electrons. The van der Waals surface area contributed by atoms with Gasteiger partial charge in [0.2, 0.25) is 0 Å². The number of nitrogens with two attached hydrogens (primary N) is 1. The van der Waals surface area contributed by atoms with Gasteiger partial charge in [0.05, 0.1) is 6.67 Å². The molecule has 0 rings (SSSR count). The van der Waals surface area contributed by atoms with E-state index in [2.05, 4.69) is 16.1 Å². The molecule has 0 aromatic rings. The summed E-state index contributed by atoms with van der Waals surface area (Å²) in [4.78, 5) is 1.33. The fraction of sp³-hybridized carbons (Fsp3) is 1.00. The molecule has 5 nitrogen and oxygen atoms in total. The fourth-order valence-corrected chi connectivity index (χ4v) is 0.622. The van der Waals surface area contributed by atoms with Crippen molar-refractivity contribution in [3.8, 4) is 0 Å². The van der Waals surface area contributed by atoms with Gasteiger partial charge >= 0.3 is 0 Å². The van der Waals surface area contributed by atoms with Crippen LogP contribution in [0.4, 0.5) is 0 Å². The molecule has 4 N–H and O–H groups in total. The predicted molar refractivity (Wildman–Crippen MR) is 38.0 cm³/mol. The van der Waals surface area contributed by atoms with Crippen molar-refractivity contribution in [3.05, 3.63) is 0 Å². The molecule has 0 saturated carbocycles. The molecule has 0 bridgehead atoms. The van der Waals surface area contributed by atoms with Crippen molar-refractivity contribution < 1.29 is 10.3 Å². The van der Waals surface area contributed by atoms with Gasteiger partial charge in [-0.25, -0.2) is 0 Å². The van der Waals surface area contributed by atoms with E-state index in [-0.39, 0.29) is 6.67 Å². The van der Waals surface area contributed by atoms with Gasteiger partial charge in [-0.15, -0.1) is 4.09 Å². The molecule has 0 heterocycles. The Morgan fingerprint density at radius 3 is 2.33 bits per heavy atom. The van der Waals surface area contributed by atoms with Crippen LogP contribution in [0.1, 0.15) is 0 Å². The first-order valence-electron chi connectivity index (χ1n) is 2.30. The van der Waals surface area contributed by atoms with E-state index in [9.17, 15) is 0 Å². The van der Waals surface area contributed by atoms with E-state index in [4.69, 9.17) is 16.0 Å². The van der Waals surface area contributed by atoms with Crippen LogP contribution in [0.3, 0.4) is 0 Å². The molecule has 0 aliphatic carbocycles. The van der Waals surface area contributed by atoms with E-state index in [1.165, 1.54) is 4.81 Å². The Labute approximate surface area is 62.8 Å². The lowest BCUT2D eigenvalue weighted by molar-refractivity contribution is -0.0405. The van der Waals surface area contributed by atoms with Gasteiger partial charge in [0.1, 0.15) is 0 Å². The van der Waals surface area contributed by atoms with Crippen LogP contribution in [0.15, 0.2) is 0 Å². The first-order valence-corrected chi connectivity index (χ1v) is 3.01. The Hall–Kier alpha value is 0.345. The van der Waals surface area contributed by atoms with Gasteiger partial charge in [-0.05, 0) is 0 Å². The van der Waals surface area contributed by atoms with Crippen molar-refractivity contribution >= 4 is 24.1 Å². The standard InChI is InChI=1S/C2H9BBrN3O2/c3-6(2(5)8)1-7(4)9/h2,8-9H,1,3,5H2. The summed E-state index contributed by atoms with van der Waals surface area (Å²) in [5.41, 5.74) is 5.01. The third-order valence-electron chi connectivity index (χ3n) is 0.791. The van der Waals surface area contributed by atoms with Crippen LogP contribution in [-0.4, -0.2) is 40.2 Å². The second-order valence-corrected chi connectivity index (χ2v) is 2.47. The van der Waals surface area contributed by atoms with Gasteiger partial charge < -0.3 is 10.3 Å². The lowest BCUT2D eigenvalue weighted by Gasteiger charge is -2.21. The molecule has 0 radical (unpaired) electrons. The molecule has 0 fully saturated rings. The number of hydroxylamine groups is 1. The maximum Gasteiger partial charge on any atom is 0.192 e. The van der Waals surface area contributed by atoms with Crippen LogP contribution >= 0.6 is 16.1 Å². The molecule has 0 aromatic carbocycles. The number of hydrogen-bond donors (Lipinski definition) is 3. The highest BCUT2D eigenvalue weighted by Gasteiger charge is 2.05. The molecule has 1 atom stereocenters. The quantitative estimate of drug-likeness (QED) is 0.212. The SMILES string of the molecule is BN(CN(O)Br)C(N)O. The Kier molecular flexibility index (Phi) is 4.37. The summed E-state index contributed by atoms with van der Waals surface area (Å²) in [6, 6.07) is 0. The van der Waals surface area contributed by atoms with E-state index in [1.54, 1.807) is 7.98 Å². The maximum atomic E-state index is 8.61. The Morgan fingerprint density at radius 1 is 1.78 bits per heavy atom. The summed E-state index contributed by atoms with van der Waals surface area (Å²) in [6.45, 7) is 0.137. The summed E-state index contributed by atoms with van der Waals surface area (Å²) in [5, 5.41) is 17.1. The van der Waals surface area contributed by atoms with Crippen molar-refractivity contribution in [2.45, 2.75) is 6.35 Å². The molecule has 0 aliphatic heterocycles. The van der Waals surface area contributed by atoms with Gasteiger partial charge in [-0.1, -0.05) is 0 Å². The van der Waals surface area contributed by atoms with Crippen LogP contribution in [0.25, 0.3) is 0 Å². The van der Waals surface area contributed by atoms with Crippen molar-refractivity contribution in [1.29, 1.82) is 0 Å². The van der Waals surface area contributed by atoms with Crippen LogP contribution in [-0.2, 0) is 0 Å². The van der Waals surface area contributed by atoms with Gasteiger partial charge in [-0.2, -0.15) is 0 Å². The normalized spacial score (nSPS) is 14.9. The van der Waals surface area contributed by atoms with Crippen molar-refractivity contribution in [2.75, 3.05) is 6.67 Å². The summed E-state index contributed by atoms with van der Waals surface area (Å²) in [5.74, 6) is 0. The van der Waals surface area contributed by atoms with E-state index in [0.717, 1.165) is 4.09 Å².